The van der Waals surface area contributed by atoms with Gasteiger partial charge in [0.15, 0.2) is 8.32 Å². The van der Waals surface area contributed by atoms with Gasteiger partial charge in [-0.25, -0.2) is 9.97 Å². The summed E-state index contributed by atoms with van der Waals surface area (Å²) >= 11 is 0. The van der Waals surface area contributed by atoms with Gasteiger partial charge in [0.2, 0.25) is 0 Å². The maximum absolute atomic E-state index is 6.60. The number of rotatable bonds is 3. The van der Waals surface area contributed by atoms with Crippen molar-refractivity contribution >= 4 is 19.4 Å². The van der Waals surface area contributed by atoms with Crippen molar-refractivity contribution in [2.24, 2.45) is 0 Å². The van der Waals surface area contributed by atoms with Gasteiger partial charge in [-0.3, -0.25) is 0 Å². The molecule has 0 unspecified atom stereocenters. The first-order chi connectivity index (χ1) is 10.8. The lowest BCUT2D eigenvalue weighted by atomic mass is 9.93. The lowest BCUT2D eigenvalue weighted by Crippen LogP contribution is -2.44. The maximum Gasteiger partial charge on any atom is 0.192 e. The fourth-order valence-corrected chi connectivity index (χ4v) is 4.65. The second-order valence-electron chi connectivity index (χ2n) is 8.33. The molecule has 1 aliphatic rings. The number of aromatic nitrogens is 3. The Hall–Kier alpha value is -1.20. The van der Waals surface area contributed by atoms with E-state index in [1.54, 1.807) is 6.33 Å². The van der Waals surface area contributed by atoms with Gasteiger partial charge in [0.25, 0.3) is 0 Å². The van der Waals surface area contributed by atoms with Crippen LogP contribution in [0.5, 0.6) is 0 Å². The van der Waals surface area contributed by atoms with Crippen molar-refractivity contribution in [3.63, 3.8) is 0 Å². The van der Waals surface area contributed by atoms with E-state index in [-0.39, 0.29) is 5.04 Å². The molecule has 0 amide bonds. The Balaban J connectivity index is 1.65. The van der Waals surface area contributed by atoms with Gasteiger partial charge in [-0.1, -0.05) is 20.8 Å². The number of fused-ring (bicyclic) bond motifs is 1. The van der Waals surface area contributed by atoms with E-state index in [1.807, 2.05) is 6.20 Å². The van der Waals surface area contributed by atoms with Crippen molar-refractivity contribution in [2.75, 3.05) is 0 Å². The van der Waals surface area contributed by atoms with Crippen LogP contribution >= 0.6 is 0 Å². The molecule has 1 fully saturated rings. The SMILES string of the molecule is CC(C)(C)[Si](C)(C)OC1CCC(n2ccc3cncnc32)CC1. The first-order valence-corrected chi connectivity index (χ1v) is 11.6. The van der Waals surface area contributed by atoms with Crippen LogP contribution in [-0.4, -0.2) is 29.0 Å². The molecule has 0 aliphatic heterocycles. The fourth-order valence-electron chi connectivity index (χ4n) is 3.23. The number of nitrogens with zero attached hydrogens (tertiary/aromatic N) is 3. The molecule has 3 rings (SSSR count). The molecule has 0 atom stereocenters. The highest BCUT2D eigenvalue weighted by atomic mass is 28.4. The molecule has 0 radical (unpaired) electrons. The molecule has 0 aromatic carbocycles. The van der Waals surface area contributed by atoms with E-state index in [4.69, 9.17) is 4.43 Å². The van der Waals surface area contributed by atoms with Gasteiger partial charge in [-0.05, 0) is 49.9 Å². The standard InChI is InChI=1S/C18H29N3OSi/c1-18(2,3)23(4,5)22-16-8-6-15(7-9-16)21-11-10-14-12-19-13-20-17(14)21/h10-13,15-16H,6-9H2,1-5H3. The Morgan fingerprint density at radius 1 is 1.17 bits per heavy atom. The lowest BCUT2D eigenvalue weighted by molar-refractivity contribution is 0.119. The second kappa shape index (κ2) is 6.02. The zero-order valence-electron chi connectivity index (χ0n) is 15.0. The molecule has 0 bridgehead atoms. The van der Waals surface area contributed by atoms with Crippen molar-refractivity contribution in [2.45, 2.75) is 76.7 Å². The third kappa shape index (κ3) is 3.36. The molecule has 2 heterocycles. The third-order valence-electron chi connectivity index (χ3n) is 5.68. The minimum absolute atomic E-state index is 0.289. The molecule has 0 N–H and O–H groups in total. The Labute approximate surface area is 140 Å². The Morgan fingerprint density at radius 3 is 2.52 bits per heavy atom. The van der Waals surface area contributed by atoms with E-state index in [9.17, 15) is 0 Å². The van der Waals surface area contributed by atoms with Gasteiger partial charge in [0.05, 0.1) is 0 Å². The molecular formula is C18H29N3OSi. The zero-order valence-corrected chi connectivity index (χ0v) is 16.0. The van der Waals surface area contributed by atoms with Crippen LogP contribution in [0.2, 0.25) is 18.1 Å². The normalized spacial score (nSPS) is 23.3. The van der Waals surface area contributed by atoms with Gasteiger partial charge < -0.3 is 8.99 Å². The summed E-state index contributed by atoms with van der Waals surface area (Å²) in [6.07, 6.45) is 10.8. The average Bonchev–Trinajstić information content (AvgIpc) is 2.90. The smallest absolute Gasteiger partial charge is 0.192 e. The molecule has 1 saturated carbocycles. The first kappa shape index (κ1) is 16.6. The molecule has 4 nitrogen and oxygen atoms in total. The summed E-state index contributed by atoms with van der Waals surface area (Å²) < 4.78 is 8.93. The van der Waals surface area contributed by atoms with E-state index in [0.717, 1.165) is 23.9 Å². The van der Waals surface area contributed by atoms with Crippen molar-refractivity contribution in [3.8, 4) is 0 Å². The Morgan fingerprint density at radius 2 is 1.87 bits per heavy atom. The van der Waals surface area contributed by atoms with Gasteiger partial charge in [0, 0.05) is 29.9 Å². The quantitative estimate of drug-likeness (QED) is 0.748. The molecule has 5 heteroatoms. The molecular weight excluding hydrogens is 302 g/mol. The summed E-state index contributed by atoms with van der Waals surface area (Å²) in [6.45, 7) is 11.7. The van der Waals surface area contributed by atoms with Crippen LogP contribution < -0.4 is 0 Å². The van der Waals surface area contributed by atoms with Crippen molar-refractivity contribution in [1.29, 1.82) is 0 Å². The summed E-state index contributed by atoms with van der Waals surface area (Å²) in [4.78, 5) is 8.56. The molecule has 0 saturated heterocycles. The van der Waals surface area contributed by atoms with E-state index < -0.39 is 8.32 Å². The van der Waals surface area contributed by atoms with Crippen molar-refractivity contribution in [3.05, 3.63) is 24.8 Å². The lowest BCUT2D eigenvalue weighted by Gasteiger charge is -2.41. The van der Waals surface area contributed by atoms with Crippen LogP contribution in [0.4, 0.5) is 0 Å². The predicted molar refractivity (Wildman–Crippen MR) is 97.1 cm³/mol. The summed E-state index contributed by atoms with van der Waals surface area (Å²) in [5.41, 5.74) is 1.06. The summed E-state index contributed by atoms with van der Waals surface area (Å²) in [5, 5.41) is 1.42. The van der Waals surface area contributed by atoms with E-state index in [0.29, 0.717) is 12.1 Å². The second-order valence-corrected chi connectivity index (χ2v) is 13.1. The van der Waals surface area contributed by atoms with Crippen molar-refractivity contribution in [1.82, 2.24) is 14.5 Å². The third-order valence-corrected chi connectivity index (χ3v) is 10.2. The van der Waals surface area contributed by atoms with Crippen LogP contribution in [0, 0.1) is 0 Å². The minimum Gasteiger partial charge on any atom is -0.414 e. The average molecular weight is 332 g/mol. The highest BCUT2D eigenvalue weighted by molar-refractivity contribution is 6.74. The van der Waals surface area contributed by atoms with Gasteiger partial charge in [-0.15, -0.1) is 0 Å². The van der Waals surface area contributed by atoms with Crippen LogP contribution in [0.25, 0.3) is 11.0 Å². The highest BCUT2D eigenvalue weighted by Crippen LogP contribution is 2.40. The largest absolute Gasteiger partial charge is 0.414 e. The molecule has 23 heavy (non-hydrogen) atoms. The van der Waals surface area contributed by atoms with Gasteiger partial charge in [-0.2, -0.15) is 0 Å². The minimum atomic E-state index is -1.65. The molecule has 2 aromatic heterocycles. The van der Waals surface area contributed by atoms with E-state index in [1.165, 1.54) is 12.8 Å². The summed E-state index contributed by atoms with van der Waals surface area (Å²) in [6, 6.07) is 2.66. The topological polar surface area (TPSA) is 39.9 Å². The monoisotopic (exact) mass is 331 g/mol. The van der Waals surface area contributed by atoms with Crippen LogP contribution in [0.3, 0.4) is 0 Å². The maximum atomic E-state index is 6.60. The highest BCUT2D eigenvalue weighted by Gasteiger charge is 2.39. The van der Waals surface area contributed by atoms with E-state index >= 15 is 0 Å². The van der Waals surface area contributed by atoms with Crippen LogP contribution in [-0.2, 0) is 4.43 Å². The number of hydrogen-bond donors (Lipinski definition) is 0. The van der Waals surface area contributed by atoms with E-state index in [2.05, 4.69) is 60.7 Å². The molecule has 1 aliphatic carbocycles. The van der Waals surface area contributed by atoms with Crippen molar-refractivity contribution < 1.29 is 4.43 Å². The summed E-state index contributed by atoms with van der Waals surface area (Å²) in [7, 11) is -1.65. The first-order valence-electron chi connectivity index (χ1n) is 8.72. The van der Waals surface area contributed by atoms with Crippen LogP contribution in [0.15, 0.2) is 24.8 Å². The summed E-state index contributed by atoms with van der Waals surface area (Å²) in [5.74, 6) is 0. The van der Waals surface area contributed by atoms with Crippen LogP contribution in [0.1, 0.15) is 52.5 Å². The van der Waals surface area contributed by atoms with Gasteiger partial charge >= 0.3 is 0 Å². The predicted octanol–water partition coefficient (Wildman–Crippen LogP) is 4.94. The van der Waals surface area contributed by atoms with Gasteiger partial charge in [0.1, 0.15) is 12.0 Å². The molecule has 2 aromatic rings. The Kier molecular flexibility index (Phi) is 4.36. The number of hydrogen-bond acceptors (Lipinski definition) is 3. The Bertz CT molecular complexity index is 666. The molecule has 126 valence electrons. The zero-order chi connectivity index (χ0) is 16.7. The molecule has 0 spiro atoms. The fraction of sp³-hybridized carbons (Fsp3) is 0.667.